The number of nitrogens with zero attached hydrogens (tertiary/aromatic N) is 3. The lowest BCUT2D eigenvalue weighted by Gasteiger charge is -2.08. The zero-order valence-corrected chi connectivity index (χ0v) is 13.3. The normalized spacial score (nSPS) is 15.8. The zero-order chi connectivity index (χ0) is 17.1. The van der Waals surface area contributed by atoms with Crippen LogP contribution in [0.5, 0.6) is 0 Å². The van der Waals surface area contributed by atoms with Crippen molar-refractivity contribution in [1.82, 2.24) is 25.6 Å². The van der Waals surface area contributed by atoms with E-state index in [9.17, 15) is 8.78 Å². The second-order valence-corrected chi connectivity index (χ2v) is 5.48. The molecule has 2 aromatic heterocycles. The molecule has 6 nitrogen and oxygen atoms in total. The van der Waals surface area contributed by atoms with Crippen molar-refractivity contribution in [3.63, 3.8) is 0 Å². The first kappa shape index (κ1) is 16.0. The van der Waals surface area contributed by atoms with Gasteiger partial charge in [-0.1, -0.05) is 0 Å². The average Bonchev–Trinajstić information content (AvgIpc) is 3.17. The maximum Gasteiger partial charge on any atom is 0.257 e. The molecule has 24 heavy (non-hydrogen) atoms. The fourth-order valence-electron chi connectivity index (χ4n) is 2.38. The van der Waals surface area contributed by atoms with Gasteiger partial charge in [-0.2, -0.15) is 5.10 Å². The van der Waals surface area contributed by atoms with Crippen molar-refractivity contribution in [3.05, 3.63) is 59.3 Å². The van der Waals surface area contributed by atoms with Gasteiger partial charge in [-0.25, -0.2) is 8.78 Å². The van der Waals surface area contributed by atoms with Crippen LogP contribution >= 0.6 is 0 Å². The van der Waals surface area contributed by atoms with E-state index in [4.69, 9.17) is 0 Å². The van der Waals surface area contributed by atoms with Crippen molar-refractivity contribution < 1.29 is 8.78 Å². The minimum atomic E-state index is -2.42. The van der Waals surface area contributed by atoms with Gasteiger partial charge in [0.1, 0.15) is 6.54 Å². The number of pyridine rings is 1. The van der Waals surface area contributed by atoms with E-state index in [2.05, 4.69) is 26.3 Å². The Morgan fingerprint density at radius 1 is 1.33 bits per heavy atom. The second-order valence-electron chi connectivity index (χ2n) is 5.48. The zero-order valence-electron chi connectivity index (χ0n) is 13.3. The Kier molecular flexibility index (Phi) is 4.45. The van der Waals surface area contributed by atoms with Crippen molar-refractivity contribution in [3.8, 4) is 0 Å². The van der Waals surface area contributed by atoms with Crippen LogP contribution in [0.15, 0.2) is 48.2 Å². The number of nitrogens with one attached hydrogen (secondary N) is 3. The van der Waals surface area contributed by atoms with E-state index < -0.39 is 13.0 Å². The van der Waals surface area contributed by atoms with Gasteiger partial charge in [-0.3, -0.25) is 15.1 Å². The molecule has 0 saturated heterocycles. The number of aromatic nitrogens is 3. The van der Waals surface area contributed by atoms with Gasteiger partial charge in [0, 0.05) is 35.9 Å². The van der Waals surface area contributed by atoms with E-state index in [0.29, 0.717) is 5.82 Å². The molecule has 0 spiro atoms. The van der Waals surface area contributed by atoms with Gasteiger partial charge in [0.15, 0.2) is 5.82 Å². The maximum absolute atomic E-state index is 12.4. The Morgan fingerprint density at radius 3 is 2.92 bits per heavy atom. The first-order valence-corrected chi connectivity index (χ1v) is 7.47. The summed E-state index contributed by atoms with van der Waals surface area (Å²) < 4.78 is 25.9. The van der Waals surface area contributed by atoms with Crippen LogP contribution in [0.4, 0.5) is 14.6 Å². The summed E-state index contributed by atoms with van der Waals surface area (Å²) in [6, 6.07) is 3.60. The molecule has 3 heterocycles. The summed E-state index contributed by atoms with van der Waals surface area (Å²) in [5.74, 6) is 0.516. The summed E-state index contributed by atoms with van der Waals surface area (Å²) in [4.78, 5) is 4.14. The van der Waals surface area contributed by atoms with Crippen LogP contribution < -0.4 is 16.2 Å². The average molecular weight is 332 g/mol. The third-order valence-electron chi connectivity index (χ3n) is 3.64. The van der Waals surface area contributed by atoms with E-state index in [1.54, 1.807) is 18.5 Å². The van der Waals surface area contributed by atoms with Crippen molar-refractivity contribution in [2.24, 2.45) is 0 Å². The van der Waals surface area contributed by atoms with E-state index in [1.165, 1.54) is 10.9 Å². The summed E-state index contributed by atoms with van der Waals surface area (Å²) in [5, 5.41) is 7.17. The topological polar surface area (TPSA) is 66.8 Å². The largest absolute Gasteiger partial charge is 0.341 e. The van der Waals surface area contributed by atoms with E-state index >= 15 is 0 Å². The monoisotopic (exact) mass is 332 g/mol. The molecular formula is C16H18F2N6. The number of allylic oxidation sites excluding steroid dienone is 2. The lowest BCUT2D eigenvalue weighted by atomic mass is 10.1. The van der Waals surface area contributed by atoms with Crippen LogP contribution in [0.1, 0.15) is 18.1 Å². The molecule has 0 aliphatic carbocycles. The van der Waals surface area contributed by atoms with Gasteiger partial charge < -0.3 is 10.7 Å². The van der Waals surface area contributed by atoms with Gasteiger partial charge in [-0.15, -0.1) is 0 Å². The Hall–Kier alpha value is -2.90. The molecule has 8 heteroatoms. The highest BCUT2D eigenvalue weighted by Gasteiger charge is 2.14. The quantitative estimate of drug-likeness (QED) is 0.785. The standard InChI is InChI=1S/C16H18F2N6/c1-10-3-5-19-8-12(10)14-7-13(21-22-14)11(2)20-16-4-6-24(23-16)9-15(17)18/h3-8,15,21-22H,9H2,1-2H3,(H,20,23)/b13-11-. The molecule has 0 atom stereocenters. The molecule has 0 saturated carbocycles. The Labute approximate surface area is 138 Å². The van der Waals surface area contributed by atoms with Crippen molar-refractivity contribution in [2.75, 3.05) is 5.32 Å². The Balaban J connectivity index is 1.75. The molecule has 1 aliphatic rings. The Bertz CT molecular complexity index is 793. The minimum Gasteiger partial charge on any atom is -0.341 e. The van der Waals surface area contributed by atoms with E-state index in [-0.39, 0.29) is 0 Å². The summed E-state index contributed by atoms with van der Waals surface area (Å²) in [6.45, 7) is 3.48. The summed E-state index contributed by atoms with van der Waals surface area (Å²) in [7, 11) is 0. The van der Waals surface area contributed by atoms with Crippen molar-refractivity contribution in [2.45, 2.75) is 26.8 Å². The minimum absolute atomic E-state index is 0.415. The molecule has 0 aromatic carbocycles. The molecule has 1 aliphatic heterocycles. The predicted octanol–water partition coefficient (Wildman–Crippen LogP) is 2.64. The summed E-state index contributed by atoms with van der Waals surface area (Å²) in [5.41, 5.74) is 10.9. The number of anilines is 1. The van der Waals surface area contributed by atoms with Crippen LogP contribution in [0.2, 0.25) is 0 Å². The molecule has 0 amide bonds. The lowest BCUT2D eigenvalue weighted by Crippen LogP contribution is -2.24. The molecule has 0 fully saturated rings. The van der Waals surface area contributed by atoms with Gasteiger partial charge in [0.2, 0.25) is 0 Å². The maximum atomic E-state index is 12.4. The van der Waals surface area contributed by atoms with Gasteiger partial charge in [0.25, 0.3) is 6.43 Å². The van der Waals surface area contributed by atoms with Crippen LogP contribution in [0.3, 0.4) is 0 Å². The lowest BCUT2D eigenvalue weighted by molar-refractivity contribution is 0.122. The number of rotatable bonds is 5. The van der Waals surface area contributed by atoms with Crippen LogP contribution in [0, 0.1) is 6.92 Å². The highest BCUT2D eigenvalue weighted by Crippen LogP contribution is 2.21. The number of hydrogen-bond donors (Lipinski definition) is 3. The van der Waals surface area contributed by atoms with Crippen LogP contribution in [0.25, 0.3) is 5.70 Å². The number of halogens is 2. The van der Waals surface area contributed by atoms with Gasteiger partial charge >= 0.3 is 0 Å². The molecule has 2 aromatic rings. The third kappa shape index (κ3) is 3.53. The fraction of sp³-hybridized carbons (Fsp3) is 0.250. The molecule has 0 bridgehead atoms. The van der Waals surface area contributed by atoms with E-state index in [1.807, 2.05) is 26.0 Å². The Morgan fingerprint density at radius 2 is 2.17 bits per heavy atom. The molecule has 0 unspecified atom stereocenters. The first-order valence-electron chi connectivity index (χ1n) is 7.47. The van der Waals surface area contributed by atoms with Gasteiger partial charge in [0.05, 0.1) is 11.4 Å². The highest BCUT2D eigenvalue weighted by molar-refractivity contribution is 5.71. The number of alkyl halides is 2. The van der Waals surface area contributed by atoms with Crippen molar-refractivity contribution >= 4 is 11.5 Å². The highest BCUT2D eigenvalue weighted by atomic mass is 19.3. The number of aryl methyl sites for hydroxylation is 1. The smallest absolute Gasteiger partial charge is 0.257 e. The third-order valence-corrected chi connectivity index (χ3v) is 3.64. The molecule has 3 rings (SSSR count). The number of hydrazine groups is 1. The summed E-state index contributed by atoms with van der Waals surface area (Å²) in [6.07, 6.45) is 4.61. The van der Waals surface area contributed by atoms with Crippen LogP contribution in [-0.4, -0.2) is 21.2 Å². The predicted molar refractivity (Wildman–Crippen MR) is 87.8 cm³/mol. The molecule has 126 valence electrons. The molecule has 3 N–H and O–H groups in total. The van der Waals surface area contributed by atoms with E-state index in [0.717, 1.165) is 28.2 Å². The van der Waals surface area contributed by atoms with Crippen molar-refractivity contribution in [1.29, 1.82) is 0 Å². The SMILES string of the molecule is C/C(Nc1ccn(CC(F)F)n1)=C1\C=C(c2cnccc2C)NN1. The summed E-state index contributed by atoms with van der Waals surface area (Å²) >= 11 is 0. The fourth-order valence-corrected chi connectivity index (χ4v) is 2.38. The van der Waals surface area contributed by atoms with Gasteiger partial charge in [-0.05, 0) is 31.6 Å². The molecule has 0 radical (unpaired) electrons. The first-order chi connectivity index (χ1) is 11.5. The van der Waals surface area contributed by atoms with Crippen LogP contribution in [-0.2, 0) is 6.54 Å². The second kappa shape index (κ2) is 6.69. The molecular weight excluding hydrogens is 314 g/mol. The number of hydrogen-bond acceptors (Lipinski definition) is 5.